The van der Waals surface area contributed by atoms with Gasteiger partial charge in [-0.1, -0.05) is 0 Å². The van der Waals surface area contributed by atoms with Gasteiger partial charge in [0.2, 0.25) is 0 Å². The SMILES string of the molecule is Cc1ccc(N2CCCC(C=[N+](Cc3ccnc(C)c3)Cc3cn(C4CC4)c4cc(O)c(F)cc4c3=O)C2)cn1. The first-order valence-electron chi connectivity index (χ1n) is 14.1. The maximum absolute atomic E-state index is 14.4. The van der Waals surface area contributed by atoms with Crippen LogP contribution < -0.4 is 10.3 Å². The van der Waals surface area contributed by atoms with Crippen LogP contribution in [0.15, 0.2) is 59.8 Å². The minimum Gasteiger partial charge on any atom is -0.505 e. The number of hydrogen-bond acceptors (Lipinski definition) is 5. The van der Waals surface area contributed by atoms with Crippen LogP contribution in [0.25, 0.3) is 10.9 Å². The number of phenolic OH excluding ortho intramolecular Hbond substituents is 1. The molecule has 1 atom stereocenters. The van der Waals surface area contributed by atoms with Gasteiger partial charge in [-0.05, 0) is 69.9 Å². The van der Waals surface area contributed by atoms with Crippen LogP contribution in [-0.2, 0) is 13.1 Å². The van der Waals surface area contributed by atoms with Crippen molar-refractivity contribution in [1.82, 2.24) is 14.5 Å². The number of pyridine rings is 3. The van der Waals surface area contributed by atoms with E-state index in [1.165, 1.54) is 12.1 Å². The summed E-state index contributed by atoms with van der Waals surface area (Å²) in [6.07, 6.45) is 12.1. The molecule has 1 aromatic carbocycles. The van der Waals surface area contributed by atoms with Gasteiger partial charge in [0.15, 0.2) is 30.1 Å². The third-order valence-electron chi connectivity index (χ3n) is 7.98. The Labute approximate surface area is 233 Å². The Morgan fingerprint density at radius 2 is 1.93 bits per heavy atom. The molecule has 1 aliphatic heterocycles. The number of rotatable bonds is 7. The van der Waals surface area contributed by atoms with E-state index in [-0.39, 0.29) is 11.5 Å². The number of halogens is 1. The largest absolute Gasteiger partial charge is 0.505 e. The molecule has 206 valence electrons. The van der Waals surface area contributed by atoms with E-state index >= 15 is 0 Å². The van der Waals surface area contributed by atoms with Gasteiger partial charge in [0.05, 0.1) is 28.9 Å². The second-order valence-electron chi connectivity index (χ2n) is 11.3. The van der Waals surface area contributed by atoms with Gasteiger partial charge < -0.3 is 14.6 Å². The zero-order valence-corrected chi connectivity index (χ0v) is 23.1. The third kappa shape index (κ3) is 5.62. The average Bonchev–Trinajstić information content (AvgIpc) is 3.78. The quantitative estimate of drug-likeness (QED) is 0.255. The van der Waals surface area contributed by atoms with Crippen molar-refractivity contribution < 1.29 is 14.1 Å². The molecule has 2 fully saturated rings. The van der Waals surface area contributed by atoms with Gasteiger partial charge in [0.1, 0.15) is 6.21 Å². The standard InChI is InChI=1S/C32H34FN5O2/c1-21-5-6-27(15-35-21)37-11-3-4-24(18-37)17-36(16-23-9-10-34-22(2)12-23)19-25-20-38(26-7-8-26)30-14-31(39)29(33)13-28(30)32(25)40/h5-6,9-10,12-15,17,20,24,26H,3-4,7-8,11,16,18-19H2,1-2H3/p+1. The van der Waals surface area contributed by atoms with Crippen LogP contribution >= 0.6 is 0 Å². The van der Waals surface area contributed by atoms with Gasteiger partial charge in [-0.25, -0.2) is 8.97 Å². The molecule has 1 N–H and O–H groups in total. The summed E-state index contributed by atoms with van der Waals surface area (Å²) in [5.74, 6) is -0.895. The maximum atomic E-state index is 14.4. The first-order valence-corrected chi connectivity index (χ1v) is 14.1. The summed E-state index contributed by atoms with van der Waals surface area (Å²) in [5, 5.41) is 10.3. The second-order valence-corrected chi connectivity index (χ2v) is 11.3. The van der Waals surface area contributed by atoms with Gasteiger partial charge in [-0.15, -0.1) is 0 Å². The van der Waals surface area contributed by atoms with Crippen molar-refractivity contribution in [2.75, 3.05) is 18.0 Å². The zero-order chi connectivity index (χ0) is 27.8. The summed E-state index contributed by atoms with van der Waals surface area (Å²) in [6, 6.07) is 11.1. The fourth-order valence-corrected chi connectivity index (χ4v) is 5.81. The van der Waals surface area contributed by atoms with E-state index in [1.807, 2.05) is 49.1 Å². The highest BCUT2D eigenvalue weighted by atomic mass is 19.1. The molecule has 4 heterocycles. The summed E-state index contributed by atoms with van der Waals surface area (Å²) in [6.45, 7) is 6.90. The summed E-state index contributed by atoms with van der Waals surface area (Å²) >= 11 is 0. The number of fused-ring (bicyclic) bond motifs is 1. The Hall–Kier alpha value is -4.07. The van der Waals surface area contributed by atoms with Crippen LogP contribution in [0, 0.1) is 25.6 Å². The molecule has 2 aliphatic rings. The fourth-order valence-electron chi connectivity index (χ4n) is 5.81. The minimum atomic E-state index is -0.771. The number of nitrogens with zero attached hydrogens (tertiary/aromatic N) is 5. The van der Waals surface area contributed by atoms with Crippen molar-refractivity contribution in [2.24, 2.45) is 5.92 Å². The number of piperidine rings is 1. The van der Waals surface area contributed by atoms with Crippen molar-refractivity contribution in [1.29, 1.82) is 0 Å². The predicted octanol–water partition coefficient (Wildman–Crippen LogP) is 5.29. The van der Waals surface area contributed by atoms with Gasteiger partial charge in [-0.2, -0.15) is 0 Å². The Bertz CT molecular complexity index is 1640. The van der Waals surface area contributed by atoms with Crippen LogP contribution in [0.1, 0.15) is 54.2 Å². The average molecular weight is 541 g/mol. The van der Waals surface area contributed by atoms with E-state index in [9.17, 15) is 14.3 Å². The molecule has 7 nitrogen and oxygen atoms in total. The highest BCUT2D eigenvalue weighted by Crippen LogP contribution is 2.38. The Balaban J connectivity index is 1.36. The number of aromatic hydroxyl groups is 1. The molecule has 0 amide bonds. The molecule has 3 aromatic heterocycles. The van der Waals surface area contributed by atoms with E-state index in [2.05, 4.69) is 37.8 Å². The lowest BCUT2D eigenvalue weighted by molar-refractivity contribution is -0.557. The van der Waals surface area contributed by atoms with E-state index in [4.69, 9.17) is 0 Å². The predicted molar refractivity (Wildman–Crippen MR) is 155 cm³/mol. The minimum absolute atomic E-state index is 0.189. The smallest absolute Gasteiger partial charge is 0.199 e. The first-order chi connectivity index (χ1) is 19.3. The lowest BCUT2D eigenvalue weighted by atomic mass is 9.98. The lowest BCUT2D eigenvalue weighted by Gasteiger charge is -2.32. The molecule has 1 saturated carbocycles. The van der Waals surface area contributed by atoms with Crippen molar-refractivity contribution >= 4 is 22.8 Å². The maximum Gasteiger partial charge on any atom is 0.199 e. The number of aromatic nitrogens is 3. The normalized spacial score (nSPS) is 17.9. The summed E-state index contributed by atoms with van der Waals surface area (Å²) < 4.78 is 18.7. The lowest BCUT2D eigenvalue weighted by Crippen LogP contribution is -2.37. The summed E-state index contributed by atoms with van der Waals surface area (Å²) in [7, 11) is 0. The molecule has 0 radical (unpaired) electrons. The Morgan fingerprint density at radius 1 is 1.07 bits per heavy atom. The summed E-state index contributed by atoms with van der Waals surface area (Å²) in [4.78, 5) is 24.9. The Morgan fingerprint density at radius 3 is 2.67 bits per heavy atom. The van der Waals surface area contributed by atoms with Crippen molar-refractivity contribution in [3.05, 3.63) is 93.5 Å². The molecule has 0 spiro atoms. The molecule has 40 heavy (non-hydrogen) atoms. The third-order valence-corrected chi connectivity index (χ3v) is 7.98. The highest BCUT2D eigenvalue weighted by Gasteiger charge is 2.28. The van der Waals surface area contributed by atoms with Crippen LogP contribution in [0.4, 0.5) is 10.1 Å². The number of phenols is 1. The van der Waals surface area contributed by atoms with Crippen LogP contribution in [0.2, 0.25) is 0 Å². The van der Waals surface area contributed by atoms with Gasteiger partial charge in [0, 0.05) is 59.9 Å². The molecule has 6 rings (SSSR count). The molecule has 1 aliphatic carbocycles. The molecule has 1 unspecified atom stereocenters. The molecule has 0 bridgehead atoms. The molecular formula is C32H35FN5O2+. The van der Waals surface area contributed by atoms with Crippen molar-refractivity contribution in [3.63, 3.8) is 0 Å². The number of aryl methyl sites for hydroxylation is 2. The first kappa shape index (κ1) is 26.2. The van der Waals surface area contributed by atoms with Crippen LogP contribution in [0.5, 0.6) is 5.75 Å². The van der Waals surface area contributed by atoms with E-state index in [1.54, 1.807) is 0 Å². The Kier molecular flexibility index (Phi) is 7.09. The van der Waals surface area contributed by atoms with Gasteiger partial charge in [0.25, 0.3) is 0 Å². The number of anilines is 1. The molecule has 8 heteroatoms. The number of benzene rings is 1. The van der Waals surface area contributed by atoms with E-state index < -0.39 is 11.6 Å². The fraction of sp³-hybridized carbons (Fsp3) is 0.375. The summed E-state index contributed by atoms with van der Waals surface area (Å²) in [5.41, 5.74) is 5.24. The van der Waals surface area contributed by atoms with Gasteiger partial charge in [-0.3, -0.25) is 14.8 Å². The number of hydrogen-bond donors (Lipinski definition) is 1. The van der Waals surface area contributed by atoms with Crippen LogP contribution in [-0.4, -0.2) is 43.5 Å². The molecule has 4 aromatic rings. The topological polar surface area (TPSA) is 74.3 Å². The van der Waals surface area contributed by atoms with Crippen molar-refractivity contribution in [3.8, 4) is 5.75 Å². The van der Waals surface area contributed by atoms with Crippen LogP contribution in [0.3, 0.4) is 0 Å². The van der Waals surface area contributed by atoms with E-state index in [0.717, 1.165) is 61.4 Å². The second kappa shape index (κ2) is 10.8. The molecular weight excluding hydrogens is 505 g/mol. The molecule has 1 saturated heterocycles. The zero-order valence-electron chi connectivity index (χ0n) is 23.1. The van der Waals surface area contributed by atoms with E-state index in [0.29, 0.717) is 35.5 Å². The monoisotopic (exact) mass is 540 g/mol. The van der Waals surface area contributed by atoms with Gasteiger partial charge >= 0.3 is 0 Å². The van der Waals surface area contributed by atoms with Crippen molar-refractivity contribution in [2.45, 2.75) is 58.7 Å². The highest BCUT2D eigenvalue weighted by molar-refractivity contribution is 5.81.